The van der Waals surface area contributed by atoms with Crippen molar-refractivity contribution in [3.63, 3.8) is 0 Å². The smallest absolute Gasteiger partial charge is 0.343 e. The van der Waals surface area contributed by atoms with E-state index < -0.39 is 0 Å². The van der Waals surface area contributed by atoms with Crippen molar-refractivity contribution in [1.29, 1.82) is 0 Å². The van der Waals surface area contributed by atoms with Crippen molar-refractivity contribution in [2.75, 3.05) is 13.7 Å². The Morgan fingerprint density at radius 1 is 1.70 bits per heavy atom. The second-order valence-electron chi connectivity index (χ2n) is 1.62. The molecule has 0 bridgehead atoms. The number of urea groups is 1. The zero-order valence-electron chi connectivity index (χ0n) is 6.47. The largest absolute Gasteiger partial charge is 0.481 e. The van der Waals surface area contributed by atoms with Gasteiger partial charge in [-0.05, 0) is 6.92 Å². The molecule has 4 heteroatoms. The van der Waals surface area contributed by atoms with Crippen molar-refractivity contribution < 1.29 is 9.53 Å². The van der Waals surface area contributed by atoms with Crippen LogP contribution in [0.3, 0.4) is 0 Å². The monoisotopic (exact) mass is 144 g/mol. The highest BCUT2D eigenvalue weighted by molar-refractivity contribution is 5.89. The Morgan fingerprint density at radius 2 is 2.30 bits per heavy atom. The van der Waals surface area contributed by atoms with Crippen molar-refractivity contribution in [3.8, 4) is 0 Å². The minimum absolute atomic E-state index is 0.383. The summed E-state index contributed by atoms with van der Waals surface area (Å²) in [7, 11) is 1.52. The molecule has 0 aromatic heterocycles. The number of nitrogens with zero attached hydrogens (tertiary/aromatic N) is 1. The molecule has 0 spiro atoms. The summed E-state index contributed by atoms with van der Waals surface area (Å²) < 4.78 is 4.90. The second kappa shape index (κ2) is 4.78. The van der Waals surface area contributed by atoms with Crippen LogP contribution in [-0.2, 0) is 4.74 Å². The zero-order valence-corrected chi connectivity index (χ0v) is 6.47. The van der Waals surface area contributed by atoms with E-state index in [-0.39, 0.29) is 6.03 Å². The fourth-order valence-electron chi connectivity index (χ4n) is 0.440. The lowest BCUT2D eigenvalue weighted by Crippen LogP contribution is -2.15. The topological polar surface area (TPSA) is 50.7 Å². The van der Waals surface area contributed by atoms with Crippen molar-refractivity contribution in [2.45, 2.75) is 13.8 Å². The molecule has 1 N–H and O–H groups in total. The summed E-state index contributed by atoms with van der Waals surface area (Å²) in [6.07, 6.45) is 0. The van der Waals surface area contributed by atoms with Gasteiger partial charge in [-0.15, -0.1) is 0 Å². The van der Waals surface area contributed by atoms with Gasteiger partial charge in [0.15, 0.2) is 5.90 Å². The summed E-state index contributed by atoms with van der Waals surface area (Å²) in [5.41, 5.74) is 0. The highest BCUT2D eigenvalue weighted by atomic mass is 16.5. The van der Waals surface area contributed by atoms with Gasteiger partial charge in [-0.2, -0.15) is 4.99 Å². The van der Waals surface area contributed by atoms with Crippen LogP contribution in [0.4, 0.5) is 4.79 Å². The Labute approximate surface area is 60.3 Å². The number of ether oxygens (including phenoxy) is 1. The van der Waals surface area contributed by atoms with E-state index in [9.17, 15) is 4.79 Å². The predicted molar refractivity (Wildman–Crippen MR) is 39.2 cm³/mol. The van der Waals surface area contributed by atoms with Crippen LogP contribution >= 0.6 is 0 Å². The SMILES string of the molecule is CCOC(C)=NC(=O)NC. The summed E-state index contributed by atoms with van der Waals surface area (Å²) in [4.78, 5) is 14.0. The lowest BCUT2D eigenvalue weighted by molar-refractivity contribution is 0.249. The van der Waals surface area contributed by atoms with Gasteiger partial charge in [-0.1, -0.05) is 0 Å². The molecule has 0 saturated carbocycles. The van der Waals surface area contributed by atoms with Crippen LogP contribution in [0.5, 0.6) is 0 Å². The predicted octanol–water partition coefficient (Wildman–Crippen LogP) is 0.781. The normalized spacial score (nSPS) is 10.9. The summed E-state index contributed by atoms with van der Waals surface area (Å²) in [6, 6.07) is -0.383. The van der Waals surface area contributed by atoms with Crippen LogP contribution in [0, 0.1) is 0 Å². The number of hydrogen-bond donors (Lipinski definition) is 1. The Kier molecular flexibility index (Phi) is 4.28. The molecule has 0 saturated heterocycles. The molecule has 0 radical (unpaired) electrons. The lowest BCUT2D eigenvalue weighted by Gasteiger charge is -1.98. The highest BCUT2D eigenvalue weighted by Crippen LogP contribution is 1.81. The van der Waals surface area contributed by atoms with Gasteiger partial charge in [0.2, 0.25) is 0 Å². The standard InChI is InChI=1S/C6H12N2O2/c1-4-10-5(2)8-6(9)7-3/h4H2,1-3H3,(H,7,9). The average Bonchev–Trinajstić information content (AvgIpc) is 1.88. The van der Waals surface area contributed by atoms with Gasteiger partial charge in [0.05, 0.1) is 6.61 Å². The Morgan fingerprint density at radius 3 is 2.70 bits per heavy atom. The summed E-state index contributed by atoms with van der Waals surface area (Å²) >= 11 is 0. The third-order valence-electron chi connectivity index (χ3n) is 0.826. The van der Waals surface area contributed by atoms with Gasteiger partial charge in [-0.3, -0.25) is 0 Å². The number of hydrogen-bond acceptors (Lipinski definition) is 2. The van der Waals surface area contributed by atoms with Crippen LogP contribution < -0.4 is 5.32 Å². The third kappa shape index (κ3) is 3.88. The summed E-state index contributed by atoms with van der Waals surface area (Å²) in [6.45, 7) is 4.01. The molecule has 58 valence electrons. The fraction of sp³-hybridized carbons (Fsp3) is 0.667. The molecule has 0 rings (SSSR count). The Bertz CT molecular complexity index is 143. The van der Waals surface area contributed by atoms with E-state index in [1.807, 2.05) is 6.92 Å². The Balaban J connectivity index is 3.77. The third-order valence-corrected chi connectivity index (χ3v) is 0.826. The van der Waals surface area contributed by atoms with Crippen LogP contribution in [0.25, 0.3) is 0 Å². The van der Waals surface area contributed by atoms with Gasteiger partial charge in [0.1, 0.15) is 0 Å². The number of amides is 2. The molecule has 2 amide bonds. The van der Waals surface area contributed by atoms with Crippen molar-refractivity contribution in [2.24, 2.45) is 4.99 Å². The zero-order chi connectivity index (χ0) is 7.98. The number of rotatable bonds is 1. The highest BCUT2D eigenvalue weighted by Gasteiger charge is 1.93. The lowest BCUT2D eigenvalue weighted by atomic mass is 10.7. The molecule has 4 nitrogen and oxygen atoms in total. The van der Waals surface area contributed by atoms with E-state index in [1.54, 1.807) is 6.92 Å². The number of carbonyl (C=O) groups is 1. The fourth-order valence-corrected chi connectivity index (χ4v) is 0.440. The first kappa shape index (κ1) is 8.94. The molecule has 0 aromatic rings. The number of carbonyl (C=O) groups excluding carboxylic acids is 1. The van der Waals surface area contributed by atoms with Gasteiger partial charge < -0.3 is 10.1 Å². The Hall–Kier alpha value is -1.06. The molecule has 0 aliphatic carbocycles. The van der Waals surface area contributed by atoms with Gasteiger partial charge in [0.25, 0.3) is 0 Å². The van der Waals surface area contributed by atoms with Gasteiger partial charge in [0, 0.05) is 14.0 Å². The number of aliphatic imine (C=N–C) groups is 1. The molecule has 0 aromatic carbocycles. The molecule has 10 heavy (non-hydrogen) atoms. The molecular formula is C6H12N2O2. The first-order valence-electron chi connectivity index (χ1n) is 3.10. The summed E-state index contributed by atoms with van der Waals surface area (Å²) in [5.74, 6) is 0.391. The van der Waals surface area contributed by atoms with E-state index >= 15 is 0 Å². The van der Waals surface area contributed by atoms with E-state index in [0.29, 0.717) is 12.5 Å². The minimum Gasteiger partial charge on any atom is -0.481 e. The molecule has 0 aliphatic heterocycles. The molecule has 0 atom stereocenters. The van der Waals surface area contributed by atoms with E-state index in [4.69, 9.17) is 4.74 Å². The molecule has 0 fully saturated rings. The molecule has 0 aliphatic rings. The maximum Gasteiger partial charge on any atom is 0.343 e. The van der Waals surface area contributed by atoms with Gasteiger partial charge >= 0.3 is 6.03 Å². The van der Waals surface area contributed by atoms with Crippen molar-refractivity contribution >= 4 is 11.9 Å². The summed E-state index contributed by atoms with van der Waals surface area (Å²) in [5, 5.41) is 2.35. The maximum absolute atomic E-state index is 10.5. The molecular weight excluding hydrogens is 132 g/mol. The van der Waals surface area contributed by atoms with Crippen molar-refractivity contribution in [1.82, 2.24) is 5.32 Å². The minimum atomic E-state index is -0.383. The van der Waals surface area contributed by atoms with Crippen LogP contribution in [0.1, 0.15) is 13.8 Å². The van der Waals surface area contributed by atoms with Crippen LogP contribution in [0.2, 0.25) is 0 Å². The van der Waals surface area contributed by atoms with Gasteiger partial charge in [-0.25, -0.2) is 4.79 Å². The first-order valence-corrected chi connectivity index (χ1v) is 3.10. The van der Waals surface area contributed by atoms with Crippen LogP contribution in [0.15, 0.2) is 4.99 Å². The van der Waals surface area contributed by atoms with Crippen molar-refractivity contribution in [3.05, 3.63) is 0 Å². The van der Waals surface area contributed by atoms with E-state index in [2.05, 4.69) is 10.3 Å². The second-order valence-corrected chi connectivity index (χ2v) is 1.62. The average molecular weight is 144 g/mol. The quantitative estimate of drug-likeness (QED) is 0.436. The number of nitrogens with one attached hydrogen (secondary N) is 1. The molecule has 0 heterocycles. The van der Waals surface area contributed by atoms with E-state index in [1.165, 1.54) is 7.05 Å². The van der Waals surface area contributed by atoms with Crippen LogP contribution in [-0.4, -0.2) is 25.6 Å². The maximum atomic E-state index is 10.5. The van der Waals surface area contributed by atoms with E-state index in [0.717, 1.165) is 0 Å². The first-order chi connectivity index (χ1) is 4.70. The molecule has 0 unspecified atom stereocenters.